The molecule has 170 valence electrons. The van der Waals surface area contributed by atoms with Crippen molar-refractivity contribution < 1.29 is 18.7 Å². The third-order valence-electron chi connectivity index (χ3n) is 5.66. The Hall–Kier alpha value is -3.22. The molecule has 0 bridgehead atoms. The Labute approximate surface area is 197 Å². The predicted octanol–water partition coefficient (Wildman–Crippen LogP) is 4.57. The average molecular weight is 467 g/mol. The third kappa shape index (κ3) is 5.59. The molecule has 7 heteroatoms. The maximum atomic E-state index is 14.0. The van der Waals surface area contributed by atoms with Crippen molar-refractivity contribution in [3.05, 3.63) is 106 Å². The maximum Gasteiger partial charge on any atom is 0.257 e. The van der Waals surface area contributed by atoms with Crippen LogP contribution in [0.5, 0.6) is 0 Å². The Morgan fingerprint density at radius 1 is 0.848 bits per heavy atom. The lowest BCUT2D eigenvalue weighted by atomic mass is 10.0. The van der Waals surface area contributed by atoms with E-state index in [2.05, 4.69) is 0 Å². The lowest BCUT2D eigenvalue weighted by Gasteiger charge is -2.35. The van der Waals surface area contributed by atoms with E-state index in [9.17, 15) is 14.0 Å². The zero-order valence-electron chi connectivity index (χ0n) is 18.0. The predicted molar refractivity (Wildman–Crippen MR) is 125 cm³/mol. The van der Waals surface area contributed by atoms with E-state index in [4.69, 9.17) is 16.3 Å². The van der Waals surface area contributed by atoms with E-state index in [1.165, 1.54) is 23.1 Å². The summed E-state index contributed by atoms with van der Waals surface area (Å²) in [6, 6.07) is 23.4. The molecule has 1 saturated heterocycles. The maximum absolute atomic E-state index is 14.0. The van der Waals surface area contributed by atoms with Gasteiger partial charge >= 0.3 is 0 Å². The van der Waals surface area contributed by atoms with Crippen molar-refractivity contribution in [2.45, 2.75) is 6.10 Å². The van der Waals surface area contributed by atoms with Crippen LogP contribution in [0.3, 0.4) is 0 Å². The second kappa shape index (κ2) is 10.6. The normalized spacial score (nSPS) is 13.9. The number of piperazine rings is 1. The summed E-state index contributed by atoms with van der Waals surface area (Å²) in [5.74, 6) is -1.18. The average Bonchev–Trinajstić information content (AvgIpc) is 2.86. The van der Waals surface area contributed by atoms with Crippen LogP contribution >= 0.6 is 11.6 Å². The molecule has 1 aliphatic rings. The Morgan fingerprint density at radius 3 is 1.97 bits per heavy atom. The molecule has 4 rings (SSSR count). The topological polar surface area (TPSA) is 49.9 Å². The van der Waals surface area contributed by atoms with Crippen LogP contribution in [0.2, 0.25) is 5.02 Å². The smallest absolute Gasteiger partial charge is 0.257 e. The largest absolute Gasteiger partial charge is 0.359 e. The van der Waals surface area contributed by atoms with Crippen LogP contribution in [0.4, 0.5) is 4.39 Å². The highest BCUT2D eigenvalue weighted by atomic mass is 35.5. The van der Waals surface area contributed by atoms with Crippen molar-refractivity contribution in [2.75, 3.05) is 32.8 Å². The second-order valence-electron chi connectivity index (χ2n) is 7.81. The molecule has 0 atom stereocenters. The van der Waals surface area contributed by atoms with Crippen molar-refractivity contribution in [3.8, 4) is 0 Å². The van der Waals surface area contributed by atoms with Crippen LogP contribution in [0.25, 0.3) is 0 Å². The second-order valence-corrected chi connectivity index (χ2v) is 8.25. The molecule has 3 aromatic carbocycles. The number of hydrogen-bond acceptors (Lipinski definition) is 3. The molecule has 0 aromatic heterocycles. The first-order valence-corrected chi connectivity index (χ1v) is 11.1. The van der Waals surface area contributed by atoms with E-state index in [0.717, 1.165) is 11.1 Å². The van der Waals surface area contributed by atoms with Gasteiger partial charge in [-0.1, -0.05) is 72.3 Å². The number of hydrogen-bond donors (Lipinski definition) is 0. The minimum atomic E-state index is -0.607. The van der Waals surface area contributed by atoms with Crippen molar-refractivity contribution in [1.82, 2.24) is 9.80 Å². The fourth-order valence-corrected chi connectivity index (χ4v) is 4.05. The SMILES string of the molecule is O=C(COC(c1ccccc1)c1ccccc1)N1CCN(C(=O)c2cc(Cl)ccc2F)CC1. The van der Waals surface area contributed by atoms with E-state index < -0.39 is 11.7 Å². The van der Waals surface area contributed by atoms with Gasteiger partial charge in [-0.05, 0) is 29.3 Å². The number of rotatable bonds is 6. The van der Waals surface area contributed by atoms with Crippen LogP contribution in [-0.2, 0) is 9.53 Å². The fraction of sp³-hybridized carbons (Fsp3) is 0.231. The number of carbonyl (C=O) groups excluding carboxylic acids is 2. The van der Waals surface area contributed by atoms with E-state index in [1.54, 1.807) is 4.90 Å². The molecular formula is C26H24ClFN2O3. The first kappa shape index (κ1) is 23.0. The highest BCUT2D eigenvalue weighted by molar-refractivity contribution is 6.31. The molecule has 0 spiro atoms. The number of amides is 2. The number of carbonyl (C=O) groups is 2. The fourth-order valence-electron chi connectivity index (χ4n) is 3.88. The Morgan fingerprint density at radius 2 is 1.39 bits per heavy atom. The van der Waals surface area contributed by atoms with Crippen LogP contribution < -0.4 is 0 Å². The molecule has 3 aromatic rings. The van der Waals surface area contributed by atoms with E-state index in [-0.39, 0.29) is 24.2 Å². The van der Waals surface area contributed by atoms with Gasteiger partial charge in [0.25, 0.3) is 5.91 Å². The Balaban J connectivity index is 1.36. The molecule has 5 nitrogen and oxygen atoms in total. The molecule has 33 heavy (non-hydrogen) atoms. The molecule has 1 aliphatic heterocycles. The summed E-state index contributed by atoms with van der Waals surface area (Å²) >= 11 is 5.91. The first-order chi connectivity index (χ1) is 16.0. The molecule has 0 N–H and O–H groups in total. The van der Waals surface area contributed by atoms with Gasteiger partial charge in [-0.3, -0.25) is 9.59 Å². The van der Waals surface area contributed by atoms with Gasteiger partial charge in [-0.15, -0.1) is 0 Å². The zero-order valence-corrected chi connectivity index (χ0v) is 18.7. The monoisotopic (exact) mass is 466 g/mol. The highest BCUT2D eigenvalue weighted by Crippen LogP contribution is 2.26. The van der Waals surface area contributed by atoms with Gasteiger partial charge in [0.05, 0.1) is 5.56 Å². The summed E-state index contributed by atoms with van der Waals surface area (Å²) < 4.78 is 20.1. The molecule has 0 saturated carbocycles. The van der Waals surface area contributed by atoms with Crippen LogP contribution in [-0.4, -0.2) is 54.4 Å². The van der Waals surface area contributed by atoms with Crippen LogP contribution in [0.1, 0.15) is 27.6 Å². The molecule has 1 fully saturated rings. The number of benzene rings is 3. The van der Waals surface area contributed by atoms with E-state index in [1.807, 2.05) is 60.7 Å². The van der Waals surface area contributed by atoms with Crippen molar-refractivity contribution >= 4 is 23.4 Å². The van der Waals surface area contributed by atoms with Gasteiger partial charge in [0.2, 0.25) is 5.91 Å². The lowest BCUT2D eigenvalue weighted by molar-refractivity contribution is -0.139. The Bertz CT molecular complexity index is 1060. The van der Waals surface area contributed by atoms with E-state index in [0.29, 0.717) is 31.2 Å². The van der Waals surface area contributed by atoms with Gasteiger partial charge in [-0.2, -0.15) is 0 Å². The van der Waals surface area contributed by atoms with Crippen LogP contribution in [0.15, 0.2) is 78.9 Å². The van der Waals surface area contributed by atoms with Gasteiger partial charge in [-0.25, -0.2) is 4.39 Å². The number of nitrogens with zero attached hydrogens (tertiary/aromatic N) is 2. The highest BCUT2D eigenvalue weighted by Gasteiger charge is 2.27. The quantitative estimate of drug-likeness (QED) is 0.534. The number of halogens is 2. The molecule has 0 radical (unpaired) electrons. The van der Waals surface area contributed by atoms with E-state index >= 15 is 0 Å². The molecule has 2 amide bonds. The summed E-state index contributed by atoms with van der Waals surface area (Å²) in [7, 11) is 0. The minimum Gasteiger partial charge on any atom is -0.359 e. The van der Waals surface area contributed by atoms with Gasteiger partial charge in [0.1, 0.15) is 18.5 Å². The first-order valence-electron chi connectivity index (χ1n) is 10.8. The Kier molecular flexibility index (Phi) is 7.37. The van der Waals surface area contributed by atoms with Crippen LogP contribution in [0, 0.1) is 5.82 Å². The molecule has 0 aliphatic carbocycles. The summed E-state index contributed by atoms with van der Waals surface area (Å²) in [4.78, 5) is 28.7. The third-order valence-corrected chi connectivity index (χ3v) is 5.89. The van der Waals surface area contributed by atoms with Crippen molar-refractivity contribution in [1.29, 1.82) is 0 Å². The summed E-state index contributed by atoms with van der Waals surface area (Å²) in [5, 5.41) is 0.303. The molecular weight excluding hydrogens is 443 g/mol. The van der Waals surface area contributed by atoms with Crippen molar-refractivity contribution in [2.24, 2.45) is 0 Å². The van der Waals surface area contributed by atoms with Crippen molar-refractivity contribution in [3.63, 3.8) is 0 Å². The minimum absolute atomic E-state index is 0.0563. The van der Waals surface area contributed by atoms with Gasteiger partial charge in [0, 0.05) is 31.2 Å². The van der Waals surface area contributed by atoms with Gasteiger partial charge < -0.3 is 14.5 Å². The molecule has 1 heterocycles. The lowest BCUT2D eigenvalue weighted by Crippen LogP contribution is -2.51. The summed E-state index contributed by atoms with van der Waals surface area (Å²) in [6.07, 6.45) is -0.356. The molecule has 0 unspecified atom stereocenters. The summed E-state index contributed by atoms with van der Waals surface area (Å²) in [6.45, 7) is 1.27. The zero-order chi connectivity index (χ0) is 23.2. The standard InChI is InChI=1S/C26H24ClFN2O3/c27-21-11-12-23(28)22(17-21)26(32)30-15-13-29(14-16-30)24(31)18-33-25(19-7-3-1-4-8-19)20-9-5-2-6-10-20/h1-12,17,25H,13-16,18H2. The van der Waals surface area contributed by atoms with Gasteiger partial charge in [0.15, 0.2) is 0 Å². The summed E-state index contributed by atoms with van der Waals surface area (Å²) in [5.41, 5.74) is 1.88. The number of ether oxygens (including phenoxy) is 1.